The maximum atomic E-state index is 15.2. The minimum Gasteiger partial charge on any atom is -0.477 e. The van der Waals surface area contributed by atoms with Crippen molar-refractivity contribution in [1.82, 2.24) is 4.57 Å². The van der Waals surface area contributed by atoms with E-state index in [0.717, 1.165) is 12.0 Å². The first-order valence-electron chi connectivity index (χ1n) is 9.90. The highest BCUT2D eigenvalue weighted by atomic mass is 19.1. The number of aromatic carboxylic acids is 1. The van der Waals surface area contributed by atoms with Crippen molar-refractivity contribution in [2.75, 3.05) is 18.0 Å². The fourth-order valence-corrected chi connectivity index (χ4v) is 4.80. The fraction of sp³-hybridized carbons (Fsp3) is 0.524. The first kappa shape index (κ1) is 18.9. The number of carbonyl (C=O) groups is 1. The molecular weight excluding hydrogens is 363 g/mol. The third-order valence-corrected chi connectivity index (χ3v) is 6.46. The van der Waals surface area contributed by atoms with E-state index in [9.17, 15) is 19.8 Å². The molecule has 28 heavy (non-hydrogen) atoms. The lowest BCUT2D eigenvalue weighted by Crippen LogP contribution is -2.38. The predicted octanol–water partition coefficient (Wildman–Crippen LogP) is 2.94. The summed E-state index contributed by atoms with van der Waals surface area (Å²) in [5.74, 6) is -1.57. The molecule has 6 nitrogen and oxygen atoms in total. The Labute approximate surface area is 162 Å². The molecule has 7 heteroatoms. The van der Waals surface area contributed by atoms with Crippen LogP contribution in [0.1, 0.15) is 55.1 Å². The lowest BCUT2D eigenvalue weighted by molar-refractivity contribution is 0.0694. The highest BCUT2D eigenvalue weighted by molar-refractivity contribution is 5.95. The van der Waals surface area contributed by atoms with E-state index in [-0.39, 0.29) is 29.0 Å². The van der Waals surface area contributed by atoms with Crippen LogP contribution in [-0.4, -0.2) is 39.9 Å². The summed E-state index contributed by atoms with van der Waals surface area (Å²) in [5, 5.41) is 19.4. The van der Waals surface area contributed by atoms with Crippen molar-refractivity contribution in [1.29, 1.82) is 0 Å². The first-order chi connectivity index (χ1) is 13.3. The summed E-state index contributed by atoms with van der Waals surface area (Å²) < 4.78 is 17.1. The summed E-state index contributed by atoms with van der Waals surface area (Å²) in [7, 11) is 0. The van der Waals surface area contributed by atoms with Crippen LogP contribution >= 0.6 is 0 Å². The quantitative estimate of drug-likeness (QED) is 0.845. The molecule has 2 aliphatic rings. The molecule has 150 valence electrons. The minimum absolute atomic E-state index is 0.0141. The summed E-state index contributed by atoms with van der Waals surface area (Å²) in [6.07, 6.45) is 3.72. The van der Waals surface area contributed by atoms with Crippen LogP contribution in [0.5, 0.6) is 0 Å². The van der Waals surface area contributed by atoms with E-state index in [2.05, 4.69) is 6.92 Å². The molecule has 2 atom stereocenters. The minimum atomic E-state index is -1.29. The van der Waals surface area contributed by atoms with Crippen LogP contribution in [0.3, 0.4) is 0 Å². The molecule has 2 aromatic rings. The van der Waals surface area contributed by atoms with Gasteiger partial charge in [0.2, 0.25) is 5.43 Å². The summed E-state index contributed by atoms with van der Waals surface area (Å²) in [6, 6.07) is 1.21. The molecule has 1 aromatic heterocycles. The number of anilines is 1. The molecule has 0 aliphatic carbocycles. The normalized spacial score (nSPS) is 22.6. The van der Waals surface area contributed by atoms with E-state index in [1.165, 1.54) is 12.3 Å². The van der Waals surface area contributed by atoms with E-state index >= 15 is 4.39 Å². The number of pyridine rings is 1. The van der Waals surface area contributed by atoms with Crippen molar-refractivity contribution in [2.45, 2.75) is 51.7 Å². The number of nitrogens with zero attached hydrogens (tertiary/aromatic N) is 2. The van der Waals surface area contributed by atoms with Crippen LogP contribution in [0, 0.1) is 11.7 Å². The van der Waals surface area contributed by atoms with E-state index in [4.69, 9.17) is 0 Å². The van der Waals surface area contributed by atoms with Crippen molar-refractivity contribution in [3.63, 3.8) is 0 Å². The van der Waals surface area contributed by atoms with Gasteiger partial charge >= 0.3 is 5.97 Å². The van der Waals surface area contributed by atoms with Gasteiger partial charge in [-0.3, -0.25) is 4.79 Å². The fourth-order valence-electron chi connectivity index (χ4n) is 4.80. The van der Waals surface area contributed by atoms with Crippen LogP contribution < -0.4 is 10.3 Å². The third-order valence-electron chi connectivity index (χ3n) is 6.46. The molecule has 0 saturated carbocycles. The molecule has 0 radical (unpaired) electrons. The van der Waals surface area contributed by atoms with Gasteiger partial charge in [-0.25, -0.2) is 9.18 Å². The Morgan fingerprint density at radius 1 is 1.32 bits per heavy atom. The molecule has 1 aromatic carbocycles. The number of halogens is 1. The summed E-state index contributed by atoms with van der Waals surface area (Å²) in [5.41, 5.74) is 0.970. The number of carboxylic acids is 1. The van der Waals surface area contributed by atoms with Crippen LogP contribution in [0.4, 0.5) is 10.1 Å². The van der Waals surface area contributed by atoms with Crippen LogP contribution in [-0.2, 0) is 6.42 Å². The van der Waals surface area contributed by atoms with E-state index in [1.54, 1.807) is 0 Å². The number of aliphatic hydroxyl groups is 1. The number of rotatable bonds is 3. The van der Waals surface area contributed by atoms with Crippen LogP contribution in [0.2, 0.25) is 0 Å². The Kier molecular flexibility index (Phi) is 4.65. The summed E-state index contributed by atoms with van der Waals surface area (Å²) in [4.78, 5) is 26.3. The highest BCUT2D eigenvalue weighted by Crippen LogP contribution is 2.42. The highest BCUT2D eigenvalue weighted by Gasteiger charge is 2.33. The number of aromatic nitrogens is 1. The van der Waals surface area contributed by atoms with Gasteiger partial charge in [-0.15, -0.1) is 0 Å². The molecular formula is C21H25FN2O4. The van der Waals surface area contributed by atoms with E-state index in [1.807, 2.05) is 16.4 Å². The average Bonchev–Trinajstić information content (AvgIpc) is 2.66. The van der Waals surface area contributed by atoms with E-state index < -0.39 is 17.2 Å². The lowest BCUT2D eigenvalue weighted by atomic mass is 9.84. The standard InChI is InChI=1S/C21H25FN2O4/c1-3-12-8-14-18-15(20(26)16(21(27)28)10-24(18)11(12)2)9-17(22)19(14)23-6-4-13(25)5-7-23/h9-13,25H,3-8H2,1-2H3,(H,27,28). The number of piperidine rings is 1. The number of benzene rings is 1. The largest absolute Gasteiger partial charge is 0.477 e. The Bertz CT molecular complexity index is 1010. The number of hydrogen-bond donors (Lipinski definition) is 2. The van der Waals surface area contributed by atoms with Gasteiger partial charge in [0.05, 0.1) is 17.3 Å². The third kappa shape index (κ3) is 2.80. The molecule has 2 unspecified atom stereocenters. The van der Waals surface area contributed by atoms with Gasteiger partial charge in [0, 0.05) is 36.3 Å². The predicted molar refractivity (Wildman–Crippen MR) is 105 cm³/mol. The molecule has 3 heterocycles. The molecule has 0 bridgehead atoms. The molecule has 1 fully saturated rings. The SMILES string of the molecule is CCC1Cc2c(N3CCC(O)CC3)c(F)cc3c(=O)c(C(=O)O)cn(c23)C1C. The average molecular weight is 388 g/mol. The zero-order valence-electron chi connectivity index (χ0n) is 16.1. The second-order valence-electron chi connectivity index (χ2n) is 8.00. The number of hydrogen-bond acceptors (Lipinski definition) is 4. The van der Waals surface area contributed by atoms with Gasteiger partial charge < -0.3 is 19.7 Å². The van der Waals surface area contributed by atoms with Crippen LogP contribution in [0.15, 0.2) is 17.1 Å². The van der Waals surface area contributed by atoms with E-state index in [0.29, 0.717) is 43.6 Å². The molecule has 2 N–H and O–H groups in total. The molecule has 2 aliphatic heterocycles. The second kappa shape index (κ2) is 6.88. The maximum absolute atomic E-state index is 15.2. The van der Waals surface area contributed by atoms with Gasteiger partial charge in [-0.05, 0) is 38.2 Å². The van der Waals surface area contributed by atoms with Crippen molar-refractivity contribution >= 4 is 22.6 Å². The van der Waals surface area contributed by atoms with Crippen LogP contribution in [0.25, 0.3) is 10.9 Å². The van der Waals surface area contributed by atoms with Gasteiger partial charge in [0.15, 0.2) is 0 Å². The molecule has 0 spiro atoms. The molecule has 4 rings (SSSR count). The van der Waals surface area contributed by atoms with Gasteiger partial charge in [-0.1, -0.05) is 13.3 Å². The Morgan fingerprint density at radius 2 is 2.00 bits per heavy atom. The van der Waals surface area contributed by atoms with Crippen molar-refractivity contribution < 1.29 is 19.4 Å². The summed E-state index contributed by atoms with van der Waals surface area (Å²) in [6.45, 7) is 5.20. The van der Waals surface area contributed by atoms with Gasteiger partial charge in [0.25, 0.3) is 0 Å². The van der Waals surface area contributed by atoms with Crippen molar-refractivity contribution in [3.8, 4) is 0 Å². The number of aliphatic hydroxyl groups excluding tert-OH is 1. The maximum Gasteiger partial charge on any atom is 0.341 e. The second-order valence-corrected chi connectivity index (χ2v) is 8.00. The Balaban J connectivity index is 2.02. The smallest absolute Gasteiger partial charge is 0.341 e. The summed E-state index contributed by atoms with van der Waals surface area (Å²) >= 11 is 0. The zero-order chi connectivity index (χ0) is 20.2. The van der Waals surface area contributed by atoms with Gasteiger partial charge in [-0.2, -0.15) is 0 Å². The zero-order valence-corrected chi connectivity index (χ0v) is 16.1. The Morgan fingerprint density at radius 3 is 2.61 bits per heavy atom. The number of carboxylic acid groups (broad SMARTS) is 1. The van der Waals surface area contributed by atoms with Crippen molar-refractivity contribution in [3.05, 3.63) is 39.4 Å². The molecule has 1 saturated heterocycles. The first-order valence-corrected chi connectivity index (χ1v) is 9.90. The van der Waals surface area contributed by atoms with Crippen molar-refractivity contribution in [2.24, 2.45) is 5.92 Å². The monoisotopic (exact) mass is 388 g/mol. The Hall–Kier alpha value is -2.41. The van der Waals surface area contributed by atoms with Gasteiger partial charge in [0.1, 0.15) is 11.4 Å². The molecule has 0 amide bonds. The lowest BCUT2D eigenvalue weighted by Gasteiger charge is -2.38. The topological polar surface area (TPSA) is 82.8 Å².